The molecule has 0 saturated carbocycles. The van der Waals surface area contributed by atoms with E-state index >= 15 is 0 Å². The number of benzene rings is 1. The summed E-state index contributed by atoms with van der Waals surface area (Å²) in [5, 5.41) is 3.88. The van der Waals surface area contributed by atoms with Crippen molar-refractivity contribution in [3.63, 3.8) is 0 Å². The monoisotopic (exact) mass is 363 g/mol. The maximum absolute atomic E-state index is 12.5. The predicted octanol–water partition coefficient (Wildman–Crippen LogP) is 3.11. The van der Waals surface area contributed by atoms with Gasteiger partial charge in [-0.3, -0.25) is 14.6 Å². The molecule has 27 heavy (non-hydrogen) atoms. The van der Waals surface area contributed by atoms with Gasteiger partial charge < -0.3 is 14.6 Å². The molecular weight excluding hydrogens is 342 g/mol. The lowest BCUT2D eigenvalue weighted by Crippen LogP contribution is -2.41. The van der Waals surface area contributed by atoms with Gasteiger partial charge >= 0.3 is 0 Å². The Morgan fingerprint density at radius 2 is 1.85 bits per heavy atom. The Labute approximate surface area is 157 Å². The van der Waals surface area contributed by atoms with Crippen LogP contribution in [0.3, 0.4) is 0 Å². The standard InChI is InChI=1S/C21H21N3O3/c25-20(19-13-17-3-1-2-4-18(17)27-19)23-14-15-7-11-24(12-8-15)21(26)16-5-9-22-10-6-16/h1-6,9-10,13,15H,7-8,11-12,14H2,(H,23,25). The molecule has 0 spiro atoms. The molecule has 6 heteroatoms. The van der Waals surface area contributed by atoms with Gasteiger partial charge in [0.15, 0.2) is 5.76 Å². The second-order valence-electron chi connectivity index (χ2n) is 6.83. The lowest BCUT2D eigenvalue weighted by molar-refractivity contribution is 0.0683. The highest BCUT2D eigenvalue weighted by molar-refractivity contribution is 5.96. The molecule has 1 aliphatic heterocycles. The number of aromatic nitrogens is 1. The Morgan fingerprint density at radius 1 is 1.11 bits per heavy atom. The molecule has 3 heterocycles. The first-order valence-corrected chi connectivity index (χ1v) is 9.17. The number of amides is 2. The van der Waals surface area contributed by atoms with Crippen LogP contribution in [-0.2, 0) is 0 Å². The predicted molar refractivity (Wildman–Crippen MR) is 101 cm³/mol. The molecule has 0 aliphatic carbocycles. The van der Waals surface area contributed by atoms with Crippen LogP contribution in [0.1, 0.15) is 33.8 Å². The summed E-state index contributed by atoms with van der Waals surface area (Å²) >= 11 is 0. The Kier molecular flexibility index (Phi) is 4.87. The van der Waals surface area contributed by atoms with E-state index in [1.54, 1.807) is 30.6 Å². The van der Waals surface area contributed by atoms with Crippen LogP contribution in [0.25, 0.3) is 11.0 Å². The van der Waals surface area contributed by atoms with Gasteiger partial charge in [0.1, 0.15) is 5.58 Å². The van der Waals surface area contributed by atoms with Crippen LogP contribution in [0.15, 0.2) is 59.3 Å². The summed E-state index contributed by atoms with van der Waals surface area (Å²) < 4.78 is 5.60. The lowest BCUT2D eigenvalue weighted by atomic mass is 9.96. The van der Waals surface area contributed by atoms with Crippen molar-refractivity contribution in [1.82, 2.24) is 15.2 Å². The zero-order valence-corrected chi connectivity index (χ0v) is 14.9. The lowest BCUT2D eigenvalue weighted by Gasteiger charge is -2.32. The summed E-state index contributed by atoms with van der Waals surface area (Å²) in [7, 11) is 0. The molecule has 1 N–H and O–H groups in total. The molecule has 2 aromatic heterocycles. The van der Waals surface area contributed by atoms with Crippen LogP contribution in [-0.4, -0.2) is 41.3 Å². The number of piperidine rings is 1. The van der Waals surface area contributed by atoms with Crippen molar-refractivity contribution in [2.75, 3.05) is 19.6 Å². The van der Waals surface area contributed by atoms with Crippen LogP contribution in [0, 0.1) is 5.92 Å². The average molecular weight is 363 g/mol. The minimum atomic E-state index is -0.193. The summed E-state index contributed by atoms with van der Waals surface area (Å²) in [6.45, 7) is 1.99. The number of fused-ring (bicyclic) bond motifs is 1. The van der Waals surface area contributed by atoms with Gasteiger partial charge in [-0.2, -0.15) is 0 Å². The SMILES string of the molecule is O=C(NCC1CCN(C(=O)c2ccncc2)CC1)c1cc2ccccc2o1. The maximum atomic E-state index is 12.5. The third-order valence-electron chi connectivity index (χ3n) is 5.03. The highest BCUT2D eigenvalue weighted by Gasteiger charge is 2.24. The molecule has 1 aromatic carbocycles. The van der Waals surface area contributed by atoms with Gasteiger partial charge in [0.05, 0.1) is 0 Å². The first-order valence-electron chi connectivity index (χ1n) is 9.17. The zero-order valence-electron chi connectivity index (χ0n) is 14.9. The molecule has 0 bridgehead atoms. The normalized spacial score (nSPS) is 15.0. The molecule has 138 valence electrons. The minimum Gasteiger partial charge on any atom is -0.451 e. The second-order valence-corrected chi connectivity index (χ2v) is 6.83. The molecule has 1 aliphatic rings. The average Bonchev–Trinajstić information content (AvgIpc) is 3.17. The number of hydrogen-bond acceptors (Lipinski definition) is 4. The van der Waals surface area contributed by atoms with Gasteiger partial charge in [0.25, 0.3) is 11.8 Å². The highest BCUT2D eigenvalue weighted by atomic mass is 16.3. The summed E-state index contributed by atoms with van der Waals surface area (Å²) in [4.78, 5) is 30.6. The summed E-state index contributed by atoms with van der Waals surface area (Å²) in [5.41, 5.74) is 1.38. The van der Waals surface area contributed by atoms with E-state index in [4.69, 9.17) is 4.42 Å². The second kappa shape index (κ2) is 7.61. The van der Waals surface area contributed by atoms with Crippen LogP contribution >= 0.6 is 0 Å². The number of hydrogen-bond donors (Lipinski definition) is 1. The Balaban J connectivity index is 1.28. The molecule has 0 radical (unpaired) electrons. The number of likely N-dealkylation sites (tertiary alicyclic amines) is 1. The smallest absolute Gasteiger partial charge is 0.287 e. The van der Waals surface area contributed by atoms with E-state index in [-0.39, 0.29) is 11.8 Å². The third-order valence-corrected chi connectivity index (χ3v) is 5.03. The van der Waals surface area contributed by atoms with Crippen molar-refractivity contribution < 1.29 is 14.0 Å². The largest absolute Gasteiger partial charge is 0.451 e. The van der Waals surface area contributed by atoms with Crippen molar-refractivity contribution in [2.24, 2.45) is 5.92 Å². The zero-order chi connectivity index (χ0) is 18.6. The van der Waals surface area contributed by atoms with Gasteiger partial charge in [0.2, 0.25) is 0 Å². The van der Waals surface area contributed by atoms with E-state index in [1.165, 1.54) is 0 Å². The van der Waals surface area contributed by atoms with Crippen molar-refractivity contribution in [1.29, 1.82) is 0 Å². The number of nitrogens with zero attached hydrogens (tertiary/aromatic N) is 2. The molecule has 4 rings (SSSR count). The van der Waals surface area contributed by atoms with Crippen molar-refractivity contribution in [2.45, 2.75) is 12.8 Å². The molecule has 6 nitrogen and oxygen atoms in total. The topological polar surface area (TPSA) is 75.4 Å². The van der Waals surface area contributed by atoms with E-state index in [9.17, 15) is 9.59 Å². The van der Waals surface area contributed by atoms with E-state index < -0.39 is 0 Å². The molecular formula is C21H21N3O3. The Bertz CT molecular complexity index is 910. The number of rotatable bonds is 4. The first-order chi connectivity index (χ1) is 13.2. The molecule has 1 fully saturated rings. The maximum Gasteiger partial charge on any atom is 0.287 e. The quantitative estimate of drug-likeness (QED) is 0.773. The third kappa shape index (κ3) is 3.84. The van der Waals surface area contributed by atoms with Gasteiger partial charge in [-0.15, -0.1) is 0 Å². The van der Waals surface area contributed by atoms with E-state index in [2.05, 4.69) is 10.3 Å². The molecule has 1 saturated heterocycles. The van der Waals surface area contributed by atoms with E-state index in [0.717, 1.165) is 18.2 Å². The van der Waals surface area contributed by atoms with E-state index in [0.29, 0.717) is 42.5 Å². The number of furan rings is 1. The first kappa shape index (κ1) is 17.3. The molecule has 0 atom stereocenters. The minimum absolute atomic E-state index is 0.0437. The van der Waals surface area contributed by atoms with Crippen molar-refractivity contribution in [3.8, 4) is 0 Å². The van der Waals surface area contributed by atoms with Crippen LogP contribution in [0.5, 0.6) is 0 Å². The fourth-order valence-corrected chi connectivity index (χ4v) is 3.44. The Hall–Kier alpha value is -3.15. The van der Waals surface area contributed by atoms with Gasteiger partial charge in [0, 0.05) is 43.0 Å². The number of carbonyl (C=O) groups excluding carboxylic acids is 2. The van der Waals surface area contributed by atoms with Crippen LogP contribution in [0.4, 0.5) is 0 Å². The number of pyridine rings is 1. The fraction of sp³-hybridized carbons (Fsp3) is 0.286. The van der Waals surface area contributed by atoms with Crippen LogP contribution in [0.2, 0.25) is 0 Å². The van der Waals surface area contributed by atoms with Gasteiger partial charge in [-0.05, 0) is 43.0 Å². The molecule has 2 amide bonds. The summed E-state index contributed by atoms with van der Waals surface area (Å²) in [6.07, 6.45) is 5.01. The van der Waals surface area contributed by atoms with Crippen molar-refractivity contribution >= 4 is 22.8 Å². The van der Waals surface area contributed by atoms with Gasteiger partial charge in [-0.1, -0.05) is 18.2 Å². The van der Waals surface area contributed by atoms with Crippen molar-refractivity contribution in [3.05, 3.63) is 66.2 Å². The van der Waals surface area contributed by atoms with E-state index in [1.807, 2.05) is 29.2 Å². The number of nitrogens with one attached hydrogen (secondary N) is 1. The molecule has 0 unspecified atom stereocenters. The highest BCUT2D eigenvalue weighted by Crippen LogP contribution is 2.20. The Morgan fingerprint density at radius 3 is 2.59 bits per heavy atom. The molecule has 3 aromatic rings. The number of carbonyl (C=O) groups is 2. The fourth-order valence-electron chi connectivity index (χ4n) is 3.44. The number of para-hydroxylation sites is 1. The van der Waals surface area contributed by atoms with Crippen LogP contribution < -0.4 is 5.32 Å². The van der Waals surface area contributed by atoms with Gasteiger partial charge in [-0.25, -0.2) is 0 Å². The summed E-state index contributed by atoms with van der Waals surface area (Å²) in [6, 6.07) is 12.8. The summed E-state index contributed by atoms with van der Waals surface area (Å²) in [5.74, 6) is 0.546.